The zero-order chi connectivity index (χ0) is 17.2. The predicted molar refractivity (Wildman–Crippen MR) is 106 cm³/mol. The Balaban J connectivity index is 1.71. The van der Waals surface area contributed by atoms with Crippen molar-refractivity contribution in [3.63, 3.8) is 0 Å². The van der Waals surface area contributed by atoms with Gasteiger partial charge in [-0.15, -0.1) is 11.3 Å². The molecule has 1 aliphatic heterocycles. The van der Waals surface area contributed by atoms with Crippen molar-refractivity contribution in [2.24, 2.45) is 5.73 Å². The fraction of sp³-hybridized carbons (Fsp3) is 0.350. The molecule has 0 saturated carbocycles. The number of rotatable bonds is 4. The third-order valence-electron chi connectivity index (χ3n) is 4.88. The zero-order valence-electron chi connectivity index (χ0n) is 14.4. The fourth-order valence-electron chi connectivity index (χ4n) is 3.66. The van der Waals surface area contributed by atoms with Gasteiger partial charge in [-0.3, -0.25) is 9.88 Å². The van der Waals surface area contributed by atoms with Gasteiger partial charge < -0.3 is 10.5 Å². The summed E-state index contributed by atoms with van der Waals surface area (Å²) < 4.78 is 6.84. The second-order valence-electron chi connectivity index (χ2n) is 6.60. The molecule has 0 aliphatic carbocycles. The first-order chi connectivity index (χ1) is 12.3. The summed E-state index contributed by atoms with van der Waals surface area (Å²) in [5.74, 6) is 0.889. The Morgan fingerprint density at radius 3 is 3.16 bits per heavy atom. The van der Waals surface area contributed by atoms with Crippen molar-refractivity contribution in [1.29, 1.82) is 0 Å². The maximum Gasteiger partial charge on any atom is 0.126 e. The Morgan fingerprint density at radius 2 is 2.32 bits per heavy atom. The van der Waals surface area contributed by atoms with Crippen molar-refractivity contribution >= 4 is 38.4 Å². The first-order valence-corrected chi connectivity index (χ1v) is 9.61. The highest BCUT2D eigenvalue weighted by molar-refractivity contribution is 7.17. The lowest BCUT2D eigenvalue weighted by atomic mass is 10.0. The van der Waals surface area contributed by atoms with Crippen LogP contribution < -0.4 is 10.5 Å². The van der Waals surface area contributed by atoms with Crippen LogP contribution in [0.1, 0.15) is 18.4 Å². The number of aromatic nitrogens is 1. The average molecular weight is 353 g/mol. The summed E-state index contributed by atoms with van der Waals surface area (Å²) in [7, 11) is 1.73. The van der Waals surface area contributed by atoms with Crippen molar-refractivity contribution in [1.82, 2.24) is 9.88 Å². The van der Waals surface area contributed by atoms with Crippen molar-refractivity contribution < 1.29 is 4.74 Å². The number of nitrogens with zero attached hydrogens (tertiary/aromatic N) is 2. The minimum Gasteiger partial charge on any atom is -0.496 e. The Labute approximate surface area is 151 Å². The van der Waals surface area contributed by atoms with Gasteiger partial charge in [0, 0.05) is 41.7 Å². The van der Waals surface area contributed by atoms with Crippen LogP contribution in [0.25, 0.3) is 27.1 Å². The highest BCUT2D eigenvalue weighted by Gasteiger charge is 2.15. The van der Waals surface area contributed by atoms with Gasteiger partial charge in [0.15, 0.2) is 0 Å². The maximum absolute atomic E-state index is 6.09. The highest BCUT2D eigenvalue weighted by atomic mass is 32.1. The minimum absolute atomic E-state index is 0.309. The number of hydrogen-bond donors (Lipinski definition) is 1. The van der Waals surface area contributed by atoms with E-state index in [1.54, 1.807) is 18.4 Å². The average Bonchev–Trinajstić information content (AvgIpc) is 3.10. The molecular weight excluding hydrogens is 330 g/mol. The molecule has 3 aromatic rings. The van der Waals surface area contributed by atoms with Crippen LogP contribution in [0.15, 0.2) is 35.9 Å². The molecule has 5 heteroatoms. The van der Waals surface area contributed by atoms with Crippen molar-refractivity contribution in [3.8, 4) is 5.75 Å². The zero-order valence-corrected chi connectivity index (χ0v) is 15.3. The molecule has 1 aromatic carbocycles. The number of thiophene rings is 1. The van der Waals surface area contributed by atoms with E-state index in [0.29, 0.717) is 6.04 Å². The molecule has 1 saturated heterocycles. The first-order valence-electron chi connectivity index (χ1n) is 8.73. The van der Waals surface area contributed by atoms with Crippen LogP contribution in [-0.4, -0.2) is 42.7 Å². The lowest BCUT2D eigenvalue weighted by Gasteiger charge is -2.29. The number of pyridine rings is 1. The standard InChI is InChI=1S/C20H23N3OS/c1-24-18-7-6-17-20(16-8-11-25-19(16)12-22-17)15(18)5-3-10-23-9-2-4-14(21)13-23/h3,5-8,11-12,14H,2,4,9-10,13,21H2,1H3/b5-3+. The molecule has 3 heterocycles. The van der Waals surface area contributed by atoms with Gasteiger partial charge in [-0.2, -0.15) is 0 Å². The van der Waals surface area contributed by atoms with Crippen LogP contribution in [0.2, 0.25) is 0 Å². The Bertz CT molecular complexity index is 918. The van der Waals surface area contributed by atoms with Gasteiger partial charge in [0.25, 0.3) is 0 Å². The normalized spacial score (nSPS) is 19.2. The van der Waals surface area contributed by atoms with Crippen molar-refractivity contribution in [2.45, 2.75) is 18.9 Å². The van der Waals surface area contributed by atoms with E-state index in [2.05, 4.69) is 33.5 Å². The molecule has 130 valence electrons. The molecule has 1 unspecified atom stereocenters. The second kappa shape index (κ2) is 7.12. The van der Waals surface area contributed by atoms with E-state index in [0.717, 1.165) is 42.9 Å². The van der Waals surface area contributed by atoms with Gasteiger partial charge in [-0.25, -0.2) is 0 Å². The van der Waals surface area contributed by atoms with Gasteiger partial charge >= 0.3 is 0 Å². The summed E-state index contributed by atoms with van der Waals surface area (Å²) in [5.41, 5.74) is 8.20. The number of nitrogens with two attached hydrogens (primary N) is 1. The molecule has 2 aromatic heterocycles. The summed E-state index contributed by atoms with van der Waals surface area (Å²) in [6, 6.07) is 6.52. The minimum atomic E-state index is 0.309. The number of hydrogen-bond acceptors (Lipinski definition) is 5. The van der Waals surface area contributed by atoms with Gasteiger partial charge in [0.2, 0.25) is 0 Å². The molecule has 4 nitrogen and oxygen atoms in total. The monoisotopic (exact) mass is 353 g/mol. The molecule has 0 bridgehead atoms. The van der Waals surface area contributed by atoms with E-state index in [4.69, 9.17) is 10.5 Å². The lowest BCUT2D eigenvalue weighted by Crippen LogP contribution is -2.42. The van der Waals surface area contributed by atoms with Gasteiger partial charge in [-0.05, 0) is 43.0 Å². The van der Waals surface area contributed by atoms with Crippen LogP contribution in [0.3, 0.4) is 0 Å². The summed E-state index contributed by atoms with van der Waals surface area (Å²) in [6.07, 6.45) is 8.68. The van der Waals surface area contributed by atoms with Crippen LogP contribution >= 0.6 is 11.3 Å². The molecule has 1 atom stereocenters. The van der Waals surface area contributed by atoms with Gasteiger partial charge in [0.1, 0.15) is 5.75 Å². The number of benzene rings is 1. The topological polar surface area (TPSA) is 51.4 Å². The number of fused-ring (bicyclic) bond motifs is 3. The number of piperidine rings is 1. The Morgan fingerprint density at radius 1 is 1.40 bits per heavy atom. The SMILES string of the molecule is COc1ccc2ncc3sccc3c2c1/C=C/CN1CCCC(N)C1. The molecule has 4 rings (SSSR count). The third kappa shape index (κ3) is 3.27. The summed E-state index contributed by atoms with van der Waals surface area (Å²) in [5, 5.41) is 4.53. The lowest BCUT2D eigenvalue weighted by molar-refractivity contribution is 0.229. The van der Waals surface area contributed by atoms with E-state index < -0.39 is 0 Å². The third-order valence-corrected chi connectivity index (χ3v) is 5.73. The largest absolute Gasteiger partial charge is 0.496 e. The van der Waals surface area contributed by atoms with Crippen LogP contribution in [-0.2, 0) is 0 Å². The van der Waals surface area contributed by atoms with Crippen molar-refractivity contribution in [2.75, 3.05) is 26.7 Å². The van der Waals surface area contributed by atoms with Gasteiger partial charge in [0.05, 0.1) is 17.3 Å². The summed E-state index contributed by atoms with van der Waals surface area (Å²) in [6.45, 7) is 3.02. The van der Waals surface area contributed by atoms with E-state index in [1.807, 2.05) is 18.3 Å². The maximum atomic E-state index is 6.09. The first kappa shape index (κ1) is 16.5. The fourth-order valence-corrected chi connectivity index (χ4v) is 4.42. The molecule has 1 fully saturated rings. The smallest absolute Gasteiger partial charge is 0.126 e. The molecular formula is C20H23N3OS. The number of likely N-dealkylation sites (tertiary alicyclic amines) is 1. The molecule has 25 heavy (non-hydrogen) atoms. The molecule has 0 spiro atoms. The van der Waals surface area contributed by atoms with Crippen LogP contribution in [0, 0.1) is 0 Å². The molecule has 2 N–H and O–H groups in total. The second-order valence-corrected chi connectivity index (χ2v) is 7.54. The molecule has 0 amide bonds. The van der Waals surface area contributed by atoms with Crippen molar-refractivity contribution in [3.05, 3.63) is 41.4 Å². The molecule has 1 aliphatic rings. The van der Waals surface area contributed by atoms with Gasteiger partial charge in [-0.1, -0.05) is 12.2 Å². The van der Waals surface area contributed by atoms with Crippen LogP contribution in [0.5, 0.6) is 5.75 Å². The van der Waals surface area contributed by atoms with Crippen LogP contribution in [0.4, 0.5) is 0 Å². The van der Waals surface area contributed by atoms with E-state index in [-0.39, 0.29) is 0 Å². The van der Waals surface area contributed by atoms with E-state index in [9.17, 15) is 0 Å². The number of methoxy groups -OCH3 is 1. The summed E-state index contributed by atoms with van der Waals surface area (Å²) >= 11 is 1.72. The highest BCUT2D eigenvalue weighted by Crippen LogP contribution is 2.35. The quantitative estimate of drug-likeness (QED) is 0.773. The predicted octanol–water partition coefficient (Wildman–Crippen LogP) is 3.89. The summed E-state index contributed by atoms with van der Waals surface area (Å²) in [4.78, 5) is 7.04. The van der Waals surface area contributed by atoms with E-state index >= 15 is 0 Å². The Hall–Kier alpha value is -1.95. The molecule has 0 radical (unpaired) electrons. The Kier molecular flexibility index (Phi) is 4.70. The number of ether oxygens (including phenoxy) is 1. The van der Waals surface area contributed by atoms with E-state index in [1.165, 1.54) is 21.9 Å².